The summed E-state index contributed by atoms with van der Waals surface area (Å²) in [5, 5.41) is 0.927. The lowest BCUT2D eigenvalue weighted by molar-refractivity contribution is 0.281. The van der Waals surface area contributed by atoms with Crippen LogP contribution in [0.1, 0.15) is 0 Å². The molecule has 0 radical (unpaired) electrons. The van der Waals surface area contributed by atoms with Crippen molar-refractivity contribution in [1.29, 1.82) is 0 Å². The van der Waals surface area contributed by atoms with Crippen LogP contribution >= 0.6 is 11.1 Å². The van der Waals surface area contributed by atoms with Crippen molar-refractivity contribution in [2.75, 3.05) is 14.2 Å². The van der Waals surface area contributed by atoms with E-state index in [1.807, 2.05) is 30.3 Å². The molecule has 0 N–H and O–H groups in total. The maximum Gasteiger partial charge on any atom is 0.477 e. The minimum absolute atomic E-state index is 0.927. The molecule has 0 atom stereocenters. The number of halogens is 1. The molecule has 1 aromatic rings. The zero-order valence-corrected chi connectivity index (χ0v) is 8.84. The molecule has 0 saturated carbocycles. The summed E-state index contributed by atoms with van der Waals surface area (Å²) in [5.41, 5.74) is 0. The normalized spacial score (nSPS) is 11.6. The monoisotopic (exact) mass is 202 g/mol. The number of hydrogen-bond donors (Lipinski definition) is 0. The van der Waals surface area contributed by atoms with Gasteiger partial charge in [-0.1, -0.05) is 41.4 Å². The molecule has 0 saturated heterocycles. The van der Waals surface area contributed by atoms with E-state index in [1.54, 1.807) is 14.2 Å². The van der Waals surface area contributed by atoms with Crippen molar-refractivity contribution in [3.8, 4) is 0 Å². The van der Waals surface area contributed by atoms with Crippen molar-refractivity contribution < 1.29 is 8.85 Å². The first kappa shape index (κ1) is 9.73. The predicted molar refractivity (Wildman–Crippen MR) is 51.7 cm³/mol. The van der Waals surface area contributed by atoms with Crippen LogP contribution in [-0.2, 0) is 8.85 Å². The maximum absolute atomic E-state index is 6.13. The molecule has 66 valence electrons. The molecule has 12 heavy (non-hydrogen) atoms. The van der Waals surface area contributed by atoms with Crippen LogP contribution in [0.4, 0.5) is 0 Å². The Hall–Kier alpha value is -0.353. The van der Waals surface area contributed by atoms with Gasteiger partial charge in [0.25, 0.3) is 0 Å². The molecule has 0 aliphatic heterocycles. The fraction of sp³-hybridized carbons (Fsp3) is 0.250. The van der Waals surface area contributed by atoms with Gasteiger partial charge in [-0.2, -0.15) is 0 Å². The molecule has 0 aliphatic rings. The number of benzene rings is 1. The summed E-state index contributed by atoms with van der Waals surface area (Å²) < 4.78 is 10.3. The average Bonchev–Trinajstić information content (AvgIpc) is 2.18. The summed E-state index contributed by atoms with van der Waals surface area (Å²) in [4.78, 5) is 0. The minimum Gasteiger partial charge on any atom is -0.383 e. The van der Waals surface area contributed by atoms with E-state index in [2.05, 4.69) is 0 Å². The van der Waals surface area contributed by atoms with E-state index < -0.39 is 7.87 Å². The van der Waals surface area contributed by atoms with Crippen LogP contribution in [0.2, 0.25) is 0 Å². The summed E-state index contributed by atoms with van der Waals surface area (Å²) >= 11 is 6.13. The van der Waals surface area contributed by atoms with Gasteiger partial charge in [0.15, 0.2) is 0 Å². The van der Waals surface area contributed by atoms with Gasteiger partial charge in [-0.3, -0.25) is 0 Å². The van der Waals surface area contributed by atoms with E-state index in [0.29, 0.717) is 0 Å². The molecule has 0 spiro atoms. The van der Waals surface area contributed by atoms with Gasteiger partial charge in [0.05, 0.1) is 0 Å². The lowest BCUT2D eigenvalue weighted by Crippen LogP contribution is -2.46. The zero-order valence-electron chi connectivity index (χ0n) is 7.08. The lowest BCUT2D eigenvalue weighted by atomic mass is 10.4. The lowest BCUT2D eigenvalue weighted by Gasteiger charge is -2.19. The van der Waals surface area contributed by atoms with Crippen LogP contribution in [0.5, 0.6) is 0 Å². The van der Waals surface area contributed by atoms with Crippen molar-refractivity contribution in [3.05, 3.63) is 30.3 Å². The maximum atomic E-state index is 6.13. The molecule has 4 heteroatoms. The average molecular weight is 203 g/mol. The summed E-state index contributed by atoms with van der Waals surface area (Å²) in [6.07, 6.45) is 0. The van der Waals surface area contributed by atoms with Gasteiger partial charge in [0, 0.05) is 19.4 Å². The highest BCUT2D eigenvalue weighted by atomic mass is 35.6. The van der Waals surface area contributed by atoms with Crippen molar-refractivity contribution in [3.63, 3.8) is 0 Å². The number of rotatable bonds is 3. The Bertz CT molecular complexity index is 236. The van der Waals surface area contributed by atoms with E-state index in [-0.39, 0.29) is 0 Å². The first-order valence-corrected chi connectivity index (χ1v) is 6.40. The van der Waals surface area contributed by atoms with Crippen LogP contribution in [0.3, 0.4) is 0 Å². The molecule has 1 aromatic carbocycles. The Morgan fingerprint density at radius 3 is 2.00 bits per heavy atom. The van der Waals surface area contributed by atoms with E-state index in [4.69, 9.17) is 19.9 Å². The third-order valence-electron chi connectivity index (χ3n) is 1.64. The molecule has 0 amide bonds. The van der Waals surface area contributed by atoms with Crippen molar-refractivity contribution >= 4 is 24.1 Å². The summed E-state index contributed by atoms with van der Waals surface area (Å²) in [6, 6.07) is 9.58. The third kappa shape index (κ3) is 1.87. The Kier molecular flexibility index (Phi) is 3.28. The SMILES string of the molecule is CO[Si](Cl)(OC)c1ccccc1. The van der Waals surface area contributed by atoms with Gasteiger partial charge < -0.3 is 8.85 Å². The van der Waals surface area contributed by atoms with Crippen molar-refractivity contribution in [2.45, 2.75) is 0 Å². The van der Waals surface area contributed by atoms with Gasteiger partial charge in [0.1, 0.15) is 0 Å². The highest BCUT2D eigenvalue weighted by Crippen LogP contribution is 2.10. The molecule has 0 aliphatic carbocycles. The second kappa shape index (κ2) is 4.05. The van der Waals surface area contributed by atoms with Crippen LogP contribution in [0.25, 0.3) is 0 Å². The van der Waals surface area contributed by atoms with E-state index >= 15 is 0 Å². The standard InChI is InChI=1S/C8H11ClO2Si/c1-10-12(9,11-2)8-6-4-3-5-7-8/h3-7H,1-2H3. The highest BCUT2D eigenvalue weighted by Gasteiger charge is 2.35. The summed E-state index contributed by atoms with van der Waals surface area (Å²) in [5.74, 6) is 0. The van der Waals surface area contributed by atoms with E-state index in [0.717, 1.165) is 5.19 Å². The molecule has 0 heterocycles. The van der Waals surface area contributed by atoms with Gasteiger partial charge in [-0.15, -0.1) is 0 Å². The highest BCUT2D eigenvalue weighted by molar-refractivity contribution is 7.20. The smallest absolute Gasteiger partial charge is 0.383 e. The van der Waals surface area contributed by atoms with Gasteiger partial charge >= 0.3 is 7.87 Å². The second-order valence-electron chi connectivity index (χ2n) is 2.31. The minimum atomic E-state index is -2.60. The third-order valence-corrected chi connectivity index (χ3v) is 5.30. The van der Waals surface area contributed by atoms with Crippen LogP contribution < -0.4 is 5.19 Å². The quantitative estimate of drug-likeness (QED) is 0.545. The Balaban J connectivity index is 2.95. The first-order chi connectivity index (χ1) is 5.73. The van der Waals surface area contributed by atoms with Crippen LogP contribution in [0, 0.1) is 0 Å². The second-order valence-corrected chi connectivity index (χ2v) is 6.27. The Morgan fingerprint density at radius 2 is 1.58 bits per heavy atom. The fourth-order valence-electron chi connectivity index (χ4n) is 0.956. The molecule has 0 bridgehead atoms. The van der Waals surface area contributed by atoms with E-state index in [9.17, 15) is 0 Å². The largest absolute Gasteiger partial charge is 0.477 e. The van der Waals surface area contributed by atoms with Crippen molar-refractivity contribution in [1.82, 2.24) is 0 Å². The van der Waals surface area contributed by atoms with Gasteiger partial charge in [-0.25, -0.2) is 0 Å². The fourth-order valence-corrected chi connectivity index (χ4v) is 2.56. The van der Waals surface area contributed by atoms with Crippen molar-refractivity contribution in [2.24, 2.45) is 0 Å². The molecule has 2 nitrogen and oxygen atoms in total. The summed E-state index contributed by atoms with van der Waals surface area (Å²) in [7, 11) is 0.529. The molecule has 0 fully saturated rings. The Labute approximate surface area is 78.0 Å². The molecule has 0 aromatic heterocycles. The topological polar surface area (TPSA) is 18.5 Å². The van der Waals surface area contributed by atoms with Crippen LogP contribution in [0.15, 0.2) is 30.3 Å². The van der Waals surface area contributed by atoms with Gasteiger partial charge in [-0.05, 0) is 0 Å². The summed E-state index contributed by atoms with van der Waals surface area (Å²) in [6.45, 7) is 0. The molecule has 0 unspecified atom stereocenters. The Morgan fingerprint density at radius 1 is 1.08 bits per heavy atom. The molecular weight excluding hydrogens is 192 g/mol. The number of hydrogen-bond acceptors (Lipinski definition) is 2. The van der Waals surface area contributed by atoms with E-state index in [1.165, 1.54) is 0 Å². The molecular formula is C8H11ClO2Si. The zero-order chi connectivity index (χ0) is 9.03. The predicted octanol–water partition coefficient (Wildman–Crippen LogP) is 1.36. The first-order valence-electron chi connectivity index (χ1n) is 3.57. The molecule has 1 rings (SSSR count). The van der Waals surface area contributed by atoms with Gasteiger partial charge in [0.2, 0.25) is 0 Å². The van der Waals surface area contributed by atoms with Crippen LogP contribution in [-0.4, -0.2) is 22.1 Å².